The molecule has 4 fully saturated rings. The van der Waals surface area contributed by atoms with E-state index in [1.54, 1.807) is 20.8 Å². The highest BCUT2D eigenvalue weighted by Gasteiger charge is 2.72. The van der Waals surface area contributed by atoms with E-state index in [-0.39, 0.29) is 36.6 Å². The Labute approximate surface area is 230 Å². The lowest BCUT2D eigenvalue weighted by Crippen LogP contribution is -2.56. The number of sulfonamides is 1. The van der Waals surface area contributed by atoms with Gasteiger partial charge in [0, 0.05) is 18.4 Å². The molecule has 2 bridgehead atoms. The number of benzene rings is 1. The van der Waals surface area contributed by atoms with Gasteiger partial charge in [-0.2, -0.15) is 0 Å². The molecule has 2 heterocycles. The lowest BCUT2D eigenvalue weighted by Gasteiger charge is -2.37. The molecule has 1 spiro atoms. The van der Waals surface area contributed by atoms with E-state index >= 15 is 0 Å². The maximum Gasteiger partial charge on any atom is 0.408 e. The molecule has 0 aromatic heterocycles. The number of amides is 3. The predicted octanol–water partition coefficient (Wildman–Crippen LogP) is 2.59. The van der Waals surface area contributed by atoms with Crippen molar-refractivity contribution in [3.8, 4) is 0 Å². The number of hydrazine groups is 1. The number of nitrogens with zero attached hydrogens (tertiary/aromatic N) is 2. The summed E-state index contributed by atoms with van der Waals surface area (Å²) in [5.74, 6) is -0.494. The van der Waals surface area contributed by atoms with Crippen LogP contribution in [0.4, 0.5) is 4.79 Å². The lowest BCUT2D eigenvalue weighted by molar-refractivity contribution is -0.137. The third-order valence-corrected chi connectivity index (χ3v) is 11.3. The van der Waals surface area contributed by atoms with Crippen LogP contribution in [0.3, 0.4) is 0 Å². The number of carbonyl (C=O) groups excluding carboxylic acids is 3. The fraction of sp³-hybridized carbons (Fsp3) is 0.679. The Morgan fingerprint density at radius 3 is 2.49 bits per heavy atom. The van der Waals surface area contributed by atoms with E-state index in [0.717, 1.165) is 22.7 Å². The first-order valence-electron chi connectivity index (χ1n) is 13.8. The normalized spacial score (nSPS) is 31.2. The first-order valence-corrected chi connectivity index (χ1v) is 15.4. The Bertz CT molecular complexity index is 1260. The van der Waals surface area contributed by atoms with Gasteiger partial charge in [-0.3, -0.25) is 14.6 Å². The van der Waals surface area contributed by atoms with Crippen LogP contribution in [-0.2, 0) is 30.8 Å². The van der Waals surface area contributed by atoms with E-state index < -0.39 is 51.0 Å². The van der Waals surface area contributed by atoms with Crippen molar-refractivity contribution in [3.63, 3.8) is 0 Å². The molecule has 11 heteroatoms. The smallest absolute Gasteiger partial charge is 0.408 e. The average molecular weight is 561 g/mol. The van der Waals surface area contributed by atoms with Crippen LogP contribution in [0.25, 0.3) is 0 Å². The zero-order chi connectivity index (χ0) is 28.4. The van der Waals surface area contributed by atoms with Crippen LogP contribution in [0.5, 0.6) is 0 Å². The third-order valence-electron chi connectivity index (χ3n) is 9.42. The highest BCUT2D eigenvalue weighted by Crippen LogP contribution is 2.70. The maximum absolute atomic E-state index is 13.7. The molecule has 5 unspecified atom stereocenters. The van der Waals surface area contributed by atoms with Crippen molar-refractivity contribution in [1.29, 1.82) is 0 Å². The van der Waals surface area contributed by atoms with Crippen molar-refractivity contribution in [2.75, 3.05) is 12.3 Å². The summed E-state index contributed by atoms with van der Waals surface area (Å²) in [6.45, 7) is 9.74. The number of rotatable bonds is 5. The number of nitrogens with one attached hydrogen (secondary N) is 2. The van der Waals surface area contributed by atoms with Gasteiger partial charge in [-0.25, -0.2) is 22.9 Å². The average Bonchev–Trinajstić information content (AvgIpc) is 3.52. The summed E-state index contributed by atoms with van der Waals surface area (Å²) in [5, 5.41) is 4.01. The molecule has 5 atom stereocenters. The Kier molecular flexibility index (Phi) is 6.77. The van der Waals surface area contributed by atoms with Crippen LogP contribution in [0.1, 0.15) is 65.9 Å². The zero-order valence-corrected chi connectivity index (χ0v) is 24.2. The molecule has 10 nitrogen and oxygen atoms in total. The van der Waals surface area contributed by atoms with Crippen LogP contribution in [0.15, 0.2) is 30.3 Å². The summed E-state index contributed by atoms with van der Waals surface area (Å²) in [6, 6.07) is 7.22. The molecule has 2 aliphatic heterocycles. The van der Waals surface area contributed by atoms with E-state index in [4.69, 9.17) is 4.74 Å². The van der Waals surface area contributed by atoms with Gasteiger partial charge in [0.2, 0.25) is 10.0 Å². The summed E-state index contributed by atoms with van der Waals surface area (Å²) in [7, 11) is -3.76. The maximum atomic E-state index is 13.7. The van der Waals surface area contributed by atoms with E-state index in [9.17, 15) is 22.8 Å². The number of hydrogen-bond acceptors (Lipinski definition) is 7. The van der Waals surface area contributed by atoms with E-state index in [0.29, 0.717) is 12.3 Å². The molecule has 0 radical (unpaired) electrons. The molecule has 1 aromatic carbocycles. The molecule has 2 saturated heterocycles. The lowest BCUT2D eigenvalue weighted by atomic mass is 9.69. The second-order valence-corrected chi connectivity index (χ2v) is 14.9. The van der Waals surface area contributed by atoms with Gasteiger partial charge in [-0.05, 0) is 63.4 Å². The van der Waals surface area contributed by atoms with E-state index in [1.807, 2.05) is 30.3 Å². The molecule has 4 aliphatic rings. The molecular formula is C28H40N4O6S. The zero-order valence-electron chi connectivity index (χ0n) is 23.4. The molecule has 39 heavy (non-hydrogen) atoms. The van der Waals surface area contributed by atoms with Crippen LogP contribution >= 0.6 is 0 Å². The van der Waals surface area contributed by atoms with Gasteiger partial charge in [0.05, 0.1) is 11.8 Å². The summed E-state index contributed by atoms with van der Waals surface area (Å²) in [5.41, 5.74) is 2.55. The van der Waals surface area contributed by atoms with Crippen LogP contribution in [-0.4, -0.2) is 71.7 Å². The number of alkyl carbamates (subject to hydrolysis) is 1. The summed E-state index contributed by atoms with van der Waals surface area (Å²) >= 11 is 0. The van der Waals surface area contributed by atoms with Gasteiger partial charge in [0.1, 0.15) is 17.7 Å². The Balaban J connectivity index is 1.31. The van der Waals surface area contributed by atoms with Gasteiger partial charge in [-0.1, -0.05) is 44.2 Å². The summed E-state index contributed by atoms with van der Waals surface area (Å²) in [4.78, 5) is 39.9. The molecule has 3 amide bonds. The van der Waals surface area contributed by atoms with E-state index in [2.05, 4.69) is 24.6 Å². The van der Waals surface area contributed by atoms with Gasteiger partial charge >= 0.3 is 6.09 Å². The van der Waals surface area contributed by atoms with E-state index in [1.165, 1.54) is 5.01 Å². The van der Waals surface area contributed by atoms with Gasteiger partial charge in [0.25, 0.3) is 11.8 Å². The summed E-state index contributed by atoms with van der Waals surface area (Å²) in [6.07, 6.45) is 2.32. The number of hydrogen-bond donors (Lipinski definition) is 2. The summed E-state index contributed by atoms with van der Waals surface area (Å²) < 4.78 is 33.2. The van der Waals surface area contributed by atoms with Crippen LogP contribution in [0.2, 0.25) is 0 Å². The number of fused-ring (bicyclic) bond motifs is 1. The topological polar surface area (TPSA) is 125 Å². The Morgan fingerprint density at radius 1 is 1.15 bits per heavy atom. The third kappa shape index (κ3) is 4.81. The molecule has 1 aromatic rings. The highest BCUT2D eigenvalue weighted by atomic mass is 32.2. The minimum Gasteiger partial charge on any atom is -0.444 e. The number of carbonyl (C=O) groups is 3. The second kappa shape index (κ2) is 9.47. The molecule has 5 rings (SSSR count). The fourth-order valence-electron chi connectivity index (χ4n) is 7.35. The monoisotopic (exact) mass is 560 g/mol. The van der Waals surface area contributed by atoms with Crippen molar-refractivity contribution < 1.29 is 27.5 Å². The fourth-order valence-corrected chi connectivity index (χ4v) is 9.92. The highest BCUT2D eigenvalue weighted by molar-refractivity contribution is 7.90. The Hall–Kier alpha value is -2.66. The van der Waals surface area contributed by atoms with Gasteiger partial charge in [-0.15, -0.1) is 0 Å². The molecule has 214 valence electrons. The molecule has 2 saturated carbocycles. The number of ether oxygens (including phenoxy) is 1. The van der Waals surface area contributed by atoms with Gasteiger partial charge in [0.15, 0.2) is 0 Å². The SMILES string of the molecule is CC(C)(C)OC(=O)NC(Cc1ccccc1)C(=O)N1CCC(C(=O)N2C3CC4CCC3(CS2(=O)=O)C4(C)C)N1. The molecule has 2 aliphatic carbocycles. The predicted molar refractivity (Wildman–Crippen MR) is 145 cm³/mol. The van der Waals surface area contributed by atoms with Crippen molar-refractivity contribution in [2.45, 2.75) is 90.4 Å². The van der Waals surface area contributed by atoms with Crippen molar-refractivity contribution >= 4 is 27.9 Å². The van der Waals surface area contributed by atoms with Crippen LogP contribution in [0, 0.1) is 16.7 Å². The first-order chi connectivity index (χ1) is 18.1. The Morgan fingerprint density at radius 2 is 1.85 bits per heavy atom. The minimum atomic E-state index is -3.76. The van der Waals surface area contributed by atoms with Gasteiger partial charge < -0.3 is 10.1 Å². The largest absolute Gasteiger partial charge is 0.444 e. The van der Waals surface area contributed by atoms with Crippen molar-refractivity contribution in [3.05, 3.63) is 35.9 Å². The second-order valence-electron chi connectivity index (χ2n) is 13.1. The van der Waals surface area contributed by atoms with Crippen molar-refractivity contribution in [1.82, 2.24) is 20.1 Å². The minimum absolute atomic E-state index is 0.00816. The molecular weight excluding hydrogens is 520 g/mol. The van der Waals surface area contributed by atoms with Crippen molar-refractivity contribution in [2.24, 2.45) is 16.7 Å². The van der Waals surface area contributed by atoms with Crippen LogP contribution < -0.4 is 10.7 Å². The quantitative estimate of drug-likeness (QED) is 0.567. The first kappa shape index (κ1) is 27.9. The standard InChI is InChI=1S/C28H40N4O6S/c1-26(2,3)38-25(35)29-21(15-18-9-7-6-8-10-18)23(33)31-14-12-20(30-31)24(34)32-22-16-19-11-13-28(22,27(19,4)5)17-39(32,36)37/h6-10,19-22,30H,11-17H2,1-5H3,(H,29,35). The molecule has 2 N–H and O–H groups in total.